The van der Waals surface area contributed by atoms with Gasteiger partial charge in [-0.2, -0.15) is 0 Å². The van der Waals surface area contributed by atoms with Crippen LogP contribution in [0.25, 0.3) is 0 Å². The first kappa shape index (κ1) is 19.3. The number of carbonyl (C=O) groups excluding carboxylic acids is 2. The molecule has 29 heavy (non-hydrogen) atoms. The molecule has 0 aliphatic carbocycles. The number of pyridine rings is 1. The summed E-state index contributed by atoms with van der Waals surface area (Å²) in [5, 5.41) is 11.8. The number of halogens is 1. The number of hydrogen-bond donors (Lipinski definition) is 1. The molecule has 1 aromatic heterocycles. The van der Waals surface area contributed by atoms with E-state index < -0.39 is 11.5 Å². The van der Waals surface area contributed by atoms with Crippen LogP contribution in [-0.4, -0.2) is 21.8 Å². The lowest BCUT2D eigenvalue weighted by Crippen LogP contribution is -2.41. The Morgan fingerprint density at radius 3 is 2.62 bits per heavy atom. The summed E-state index contributed by atoms with van der Waals surface area (Å²) < 4.78 is 0. The van der Waals surface area contributed by atoms with Gasteiger partial charge >= 0.3 is 0 Å². The summed E-state index contributed by atoms with van der Waals surface area (Å²) in [5.74, 6) is -0.898. The Labute approximate surface area is 173 Å². The van der Waals surface area contributed by atoms with Crippen molar-refractivity contribution in [3.05, 3.63) is 94.3 Å². The van der Waals surface area contributed by atoms with Crippen molar-refractivity contribution in [2.45, 2.75) is 25.5 Å². The Morgan fingerprint density at radius 1 is 1.17 bits per heavy atom. The number of nitrogens with zero attached hydrogens (tertiary/aromatic N) is 2. The molecule has 2 heterocycles. The van der Waals surface area contributed by atoms with Gasteiger partial charge in [0.15, 0.2) is 11.4 Å². The van der Waals surface area contributed by atoms with Gasteiger partial charge in [0, 0.05) is 28.5 Å². The van der Waals surface area contributed by atoms with Crippen molar-refractivity contribution in [1.29, 1.82) is 0 Å². The molecule has 146 valence electrons. The van der Waals surface area contributed by atoms with Crippen LogP contribution in [0.1, 0.15) is 33.5 Å². The fourth-order valence-corrected chi connectivity index (χ4v) is 3.76. The summed E-state index contributed by atoms with van der Waals surface area (Å²) in [6.07, 6.45) is 2.61. The van der Waals surface area contributed by atoms with E-state index in [1.807, 2.05) is 31.2 Å². The molecule has 3 aromatic rings. The van der Waals surface area contributed by atoms with E-state index in [0.29, 0.717) is 21.8 Å². The van der Waals surface area contributed by atoms with Crippen LogP contribution in [0.2, 0.25) is 5.02 Å². The summed E-state index contributed by atoms with van der Waals surface area (Å²) in [6.45, 7) is 2.28. The number of aryl methyl sites for hydroxylation is 1. The number of aliphatic hydroxyl groups is 1. The second-order valence-electron chi connectivity index (χ2n) is 7.24. The average Bonchev–Trinajstić information content (AvgIpc) is 2.92. The van der Waals surface area contributed by atoms with Crippen molar-refractivity contribution in [1.82, 2.24) is 4.98 Å². The van der Waals surface area contributed by atoms with Crippen LogP contribution in [0.3, 0.4) is 0 Å². The molecule has 1 N–H and O–H groups in total. The summed E-state index contributed by atoms with van der Waals surface area (Å²) >= 11 is 6.14. The fourth-order valence-electron chi connectivity index (χ4n) is 3.59. The van der Waals surface area contributed by atoms with Crippen LogP contribution in [0.15, 0.2) is 67.0 Å². The number of fused-ring (bicyclic) bond motifs is 1. The summed E-state index contributed by atoms with van der Waals surface area (Å²) in [6, 6.07) is 16.0. The van der Waals surface area contributed by atoms with E-state index in [1.165, 1.54) is 11.1 Å². The molecule has 0 radical (unpaired) electrons. The molecular weight excluding hydrogens is 388 g/mol. The third-order valence-electron chi connectivity index (χ3n) is 5.16. The summed E-state index contributed by atoms with van der Waals surface area (Å²) in [4.78, 5) is 31.5. The van der Waals surface area contributed by atoms with Crippen LogP contribution < -0.4 is 4.90 Å². The van der Waals surface area contributed by atoms with Gasteiger partial charge in [-0.1, -0.05) is 41.4 Å². The van der Waals surface area contributed by atoms with Crippen molar-refractivity contribution in [2.75, 3.05) is 4.90 Å². The van der Waals surface area contributed by atoms with Crippen molar-refractivity contribution in [2.24, 2.45) is 0 Å². The minimum atomic E-state index is -1.97. The predicted molar refractivity (Wildman–Crippen MR) is 111 cm³/mol. The van der Waals surface area contributed by atoms with Crippen molar-refractivity contribution in [3.63, 3.8) is 0 Å². The molecule has 0 spiro atoms. The van der Waals surface area contributed by atoms with Crippen molar-refractivity contribution >= 4 is 29.0 Å². The molecule has 1 aliphatic heterocycles. The van der Waals surface area contributed by atoms with Crippen LogP contribution in [0.5, 0.6) is 0 Å². The number of anilines is 1. The van der Waals surface area contributed by atoms with Gasteiger partial charge in [0.25, 0.3) is 5.91 Å². The highest BCUT2D eigenvalue weighted by Crippen LogP contribution is 2.44. The molecule has 0 fully saturated rings. The second-order valence-corrected chi connectivity index (χ2v) is 7.68. The van der Waals surface area contributed by atoms with E-state index in [1.54, 1.807) is 36.5 Å². The van der Waals surface area contributed by atoms with E-state index in [2.05, 4.69) is 4.98 Å². The van der Waals surface area contributed by atoms with E-state index in [4.69, 9.17) is 11.6 Å². The van der Waals surface area contributed by atoms with Gasteiger partial charge in [0.2, 0.25) is 0 Å². The lowest BCUT2D eigenvalue weighted by molar-refractivity contribution is -0.136. The highest BCUT2D eigenvalue weighted by Gasteiger charge is 2.51. The largest absolute Gasteiger partial charge is 0.375 e. The number of rotatable bonds is 5. The number of hydrogen-bond acceptors (Lipinski definition) is 4. The minimum Gasteiger partial charge on any atom is -0.375 e. The normalized spacial score (nSPS) is 18.0. The topological polar surface area (TPSA) is 70.5 Å². The van der Waals surface area contributed by atoms with Gasteiger partial charge in [-0.05, 0) is 42.8 Å². The molecular formula is C23H19ClN2O3. The first-order valence-electron chi connectivity index (χ1n) is 9.21. The molecule has 1 atom stereocenters. The van der Waals surface area contributed by atoms with Gasteiger partial charge < -0.3 is 10.0 Å². The maximum absolute atomic E-state index is 13.3. The number of amides is 1. The number of ketones is 1. The smallest absolute Gasteiger partial charge is 0.264 e. The quantitative estimate of drug-likeness (QED) is 0.649. The molecule has 5 nitrogen and oxygen atoms in total. The first-order chi connectivity index (χ1) is 13.9. The average molecular weight is 407 g/mol. The summed E-state index contributed by atoms with van der Waals surface area (Å²) in [7, 11) is 0. The molecule has 0 bridgehead atoms. The minimum absolute atomic E-state index is 0.289. The lowest BCUT2D eigenvalue weighted by Gasteiger charge is -2.23. The molecule has 0 saturated carbocycles. The third-order valence-corrected chi connectivity index (χ3v) is 5.39. The van der Waals surface area contributed by atoms with E-state index in [9.17, 15) is 14.7 Å². The van der Waals surface area contributed by atoms with Crippen LogP contribution in [0, 0.1) is 6.92 Å². The highest BCUT2D eigenvalue weighted by molar-refractivity contribution is 6.31. The molecule has 4 rings (SSSR count). The maximum Gasteiger partial charge on any atom is 0.264 e. The number of Topliss-reactive ketones (excluding diaryl/α,β-unsaturated/α-hetero) is 1. The van der Waals surface area contributed by atoms with Crippen LogP contribution in [-0.2, 0) is 16.9 Å². The van der Waals surface area contributed by atoms with Gasteiger partial charge in [-0.15, -0.1) is 0 Å². The zero-order chi connectivity index (χ0) is 20.6. The molecule has 2 aromatic carbocycles. The van der Waals surface area contributed by atoms with E-state index in [0.717, 1.165) is 11.1 Å². The molecule has 1 unspecified atom stereocenters. The standard InChI is InChI=1S/C23H19ClN2O3/c1-15-4-6-16(7-5-15)14-26-20-9-8-18(24)11-19(20)23(29,22(26)28)12-21(27)17-3-2-10-25-13-17/h2-11,13,29H,12,14H2,1H3. The van der Waals surface area contributed by atoms with Gasteiger partial charge in [0.05, 0.1) is 18.7 Å². The maximum atomic E-state index is 13.3. The Morgan fingerprint density at radius 2 is 1.93 bits per heavy atom. The fraction of sp³-hybridized carbons (Fsp3) is 0.174. The third kappa shape index (κ3) is 3.55. The zero-order valence-electron chi connectivity index (χ0n) is 15.8. The van der Waals surface area contributed by atoms with Gasteiger partial charge in [-0.3, -0.25) is 14.6 Å². The van der Waals surface area contributed by atoms with E-state index in [-0.39, 0.29) is 18.7 Å². The Hall–Kier alpha value is -3.02. The zero-order valence-corrected chi connectivity index (χ0v) is 16.6. The Kier molecular flexibility index (Phi) is 4.94. The predicted octanol–water partition coefficient (Wildman–Crippen LogP) is 4.05. The SMILES string of the molecule is Cc1ccc(CN2C(=O)C(O)(CC(=O)c3cccnc3)c3cc(Cl)ccc32)cc1. The molecule has 6 heteroatoms. The number of benzene rings is 2. The van der Waals surface area contributed by atoms with Crippen LogP contribution >= 0.6 is 11.6 Å². The van der Waals surface area contributed by atoms with Crippen molar-refractivity contribution < 1.29 is 14.7 Å². The molecule has 1 aliphatic rings. The second kappa shape index (κ2) is 7.43. The first-order valence-corrected chi connectivity index (χ1v) is 9.59. The van der Waals surface area contributed by atoms with E-state index >= 15 is 0 Å². The Balaban J connectivity index is 1.71. The lowest BCUT2D eigenvalue weighted by atomic mass is 9.88. The van der Waals surface area contributed by atoms with Gasteiger partial charge in [0.1, 0.15) is 0 Å². The van der Waals surface area contributed by atoms with Gasteiger partial charge in [-0.25, -0.2) is 0 Å². The monoisotopic (exact) mass is 406 g/mol. The molecule has 0 saturated heterocycles. The summed E-state index contributed by atoms with van der Waals surface area (Å²) in [5.41, 5.74) is 1.31. The number of aromatic nitrogens is 1. The van der Waals surface area contributed by atoms with Crippen molar-refractivity contribution in [3.8, 4) is 0 Å². The van der Waals surface area contributed by atoms with Crippen LogP contribution in [0.4, 0.5) is 5.69 Å². The molecule has 1 amide bonds. The number of carbonyl (C=O) groups is 2. The Bertz CT molecular complexity index is 1080. The highest BCUT2D eigenvalue weighted by atomic mass is 35.5.